The molecule has 1 unspecified atom stereocenters. The quantitative estimate of drug-likeness (QED) is 0.773. The Morgan fingerprint density at radius 3 is 2.57 bits per heavy atom. The number of aliphatic hydroxyl groups is 1. The lowest BCUT2D eigenvalue weighted by molar-refractivity contribution is -0.139. The number of nitrogens with one attached hydrogen (secondary N) is 1. The zero-order chi connectivity index (χ0) is 15.9. The highest BCUT2D eigenvalue weighted by molar-refractivity contribution is 5.39. The normalized spacial score (nSPS) is 13.2. The molecular formula is C14H20F3NO3. The summed E-state index contributed by atoms with van der Waals surface area (Å²) in [6.45, 7) is 2.64. The van der Waals surface area contributed by atoms with E-state index in [1.807, 2.05) is 6.92 Å². The summed E-state index contributed by atoms with van der Waals surface area (Å²) in [5.41, 5.74) is -0.323. The van der Waals surface area contributed by atoms with Crippen molar-refractivity contribution in [3.05, 3.63) is 29.3 Å². The zero-order valence-corrected chi connectivity index (χ0v) is 12.0. The van der Waals surface area contributed by atoms with Crippen molar-refractivity contribution < 1.29 is 27.8 Å². The minimum atomic E-state index is -4.51. The van der Waals surface area contributed by atoms with Crippen molar-refractivity contribution >= 4 is 0 Å². The van der Waals surface area contributed by atoms with E-state index >= 15 is 0 Å². The maximum absolute atomic E-state index is 13.0. The third kappa shape index (κ3) is 5.91. The van der Waals surface area contributed by atoms with Crippen molar-refractivity contribution in [2.75, 3.05) is 26.9 Å². The monoisotopic (exact) mass is 307 g/mol. The highest BCUT2D eigenvalue weighted by Crippen LogP contribution is 2.36. The van der Waals surface area contributed by atoms with Crippen LogP contribution < -0.4 is 10.1 Å². The summed E-state index contributed by atoms with van der Waals surface area (Å²) in [6, 6.07) is 3.89. The maximum atomic E-state index is 13.0. The molecule has 1 rings (SSSR count). The smallest absolute Gasteiger partial charge is 0.419 e. The van der Waals surface area contributed by atoms with E-state index in [0.29, 0.717) is 18.7 Å². The standard InChI is InChI=1S/C14H20F3NO3/c1-3-18-7-10-4-5-13(12(6-10)14(15,16)17)21-9-11(19)8-20-2/h4-6,11,18-19H,3,7-9H2,1-2H3. The molecule has 0 fully saturated rings. The number of ether oxygens (including phenoxy) is 2. The van der Waals surface area contributed by atoms with Gasteiger partial charge < -0.3 is 19.9 Å². The topological polar surface area (TPSA) is 50.7 Å². The van der Waals surface area contributed by atoms with Crippen molar-refractivity contribution in [1.82, 2.24) is 5.32 Å². The molecule has 0 aliphatic heterocycles. The second-order valence-corrected chi connectivity index (χ2v) is 4.53. The van der Waals surface area contributed by atoms with E-state index in [9.17, 15) is 18.3 Å². The predicted octanol–water partition coefficient (Wildman–Crippen LogP) is 2.20. The van der Waals surface area contributed by atoms with Gasteiger partial charge in [-0.2, -0.15) is 13.2 Å². The molecule has 1 atom stereocenters. The highest BCUT2D eigenvalue weighted by atomic mass is 19.4. The van der Waals surface area contributed by atoms with Crippen LogP contribution >= 0.6 is 0 Å². The minimum absolute atomic E-state index is 0.000144. The van der Waals surface area contributed by atoms with Gasteiger partial charge in [0.1, 0.15) is 18.5 Å². The van der Waals surface area contributed by atoms with Crippen LogP contribution in [0.5, 0.6) is 5.75 Å². The first-order chi connectivity index (χ1) is 9.88. The molecule has 1 aromatic carbocycles. The molecular weight excluding hydrogens is 287 g/mol. The molecule has 0 amide bonds. The van der Waals surface area contributed by atoms with Gasteiger partial charge in [0.05, 0.1) is 12.2 Å². The first-order valence-corrected chi connectivity index (χ1v) is 6.59. The van der Waals surface area contributed by atoms with Crippen LogP contribution in [-0.4, -0.2) is 38.1 Å². The Labute approximate surface area is 121 Å². The second-order valence-electron chi connectivity index (χ2n) is 4.53. The predicted molar refractivity (Wildman–Crippen MR) is 72.2 cm³/mol. The first kappa shape index (κ1) is 17.7. The molecule has 0 spiro atoms. The van der Waals surface area contributed by atoms with Gasteiger partial charge in [0.15, 0.2) is 0 Å². The molecule has 0 heterocycles. The third-order valence-electron chi connectivity index (χ3n) is 2.72. The molecule has 0 aliphatic carbocycles. The largest absolute Gasteiger partial charge is 0.490 e. The van der Waals surface area contributed by atoms with Crippen LogP contribution in [-0.2, 0) is 17.5 Å². The lowest BCUT2D eigenvalue weighted by Gasteiger charge is -2.17. The molecule has 7 heteroatoms. The SMILES string of the molecule is CCNCc1ccc(OCC(O)COC)c(C(F)(F)F)c1. The van der Waals surface area contributed by atoms with Crippen LogP contribution in [0.25, 0.3) is 0 Å². The van der Waals surface area contributed by atoms with E-state index in [-0.39, 0.29) is 19.0 Å². The summed E-state index contributed by atoms with van der Waals surface area (Å²) >= 11 is 0. The number of halogens is 3. The zero-order valence-electron chi connectivity index (χ0n) is 12.0. The number of rotatable bonds is 8. The molecule has 1 aromatic rings. The Morgan fingerprint density at radius 1 is 1.29 bits per heavy atom. The number of aliphatic hydroxyl groups excluding tert-OH is 1. The summed E-state index contributed by atoms with van der Waals surface area (Å²) in [5.74, 6) is -0.294. The molecule has 0 saturated heterocycles. The van der Waals surface area contributed by atoms with E-state index in [4.69, 9.17) is 9.47 Å². The number of hydrogen-bond acceptors (Lipinski definition) is 4. The fourth-order valence-corrected chi connectivity index (χ4v) is 1.73. The van der Waals surface area contributed by atoms with Gasteiger partial charge >= 0.3 is 6.18 Å². The number of alkyl halides is 3. The molecule has 4 nitrogen and oxygen atoms in total. The highest BCUT2D eigenvalue weighted by Gasteiger charge is 2.34. The van der Waals surface area contributed by atoms with Crippen LogP contribution in [0, 0.1) is 0 Å². The van der Waals surface area contributed by atoms with Gasteiger partial charge in [0.2, 0.25) is 0 Å². The lowest BCUT2D eigenvalue weighted by atomic mass is 10.1. The molecule has 0 aromatic heterocycles. The van der Waals surface area contributed by atoms with E-state index in [2.05, 4.69) is 5.32 Å². The van der Waals surface area contributed by atoms with Crippen LogP contribution in [0.1, 0.15) is 18.1 Å². The van der Waals surface area contributed by atoms with E-state index in [1.54, 1.807) is 6.07 Å². The summed E-state index contributed by atoms with van der Waals surface area (Å²) < 4.78 is 48.9. The van der Waals surface area contributed by atoms with Crippen LogP contribution in [0.3, 0.4) is 0 Å². The van der Waals surface area contributed by atoms with Gasteiger partial charge in [0.25, 0.3) is 0 Å². The molecule has 2 N–H and O–H groups in total. The number of hydrogen-bond donors (Lipinski definition) is 2. The second kappa shape index (κ2) is 8.21. The van der Waals surface area contributed by atoms with Crippen molar-refractivity contribution in [1.29, 1.82) is 0 Å². The average Bonchev–Trinajstić information content (AvgIpc) is 2.42. The fourth-order valence-electron chi connectivity index (χ4n) is 1.73. The third-order valence-corrected chi connectivity index (χ3v) is 2.72. The van der Waals surface area contributed by atoms with Crippen molar-refractivity contribution in [3.8, 4) is 5.75 Å². The van der Waals surface area contributed by atoms with Crippen LogP contribution in [0.15, 0.2) is 18.2 Å². The fraction of sp³-hybridized carbons (Fsp3) is 0.571. The minimum Gasteiger partial charge on any atom is -0.490 e. The molecule has 0 aliphatic rings. The lowest BCUT2D eigenvalue weighted by Crippen LogP contribution is -2.23. The Kier molecular flexibility index (Phi) is 6.94. The van der Waals surface area contributed by atoms with Crippen molar-refractivity contribution in [2.24, 2.45) is 0 Å². The average molecular weight is 307 g/mol. The van der Waals surface area contributed by atoms with Crippen LogP contribution in [0.4, 0.5) is 13.2 Å². The molecule has 0 saturated carbocycles. The molecule has 0 radical (unpaired) electrons. The maximum Gasteiger partial charge on any atom is 0.419 e. The summed E-state index contributed by atoms with van der Waals surface area (Å²) in [4.78, 5) is 0. The molecule has 0 bridgehead atoms. The van der Waals surface area contributed by atoms with E-state index in [1.165, 1.54) is 13.2 Å². The van der Waals surface area contributed by atoms with E-state index in [0.717, 1.165) is 6.07 Å². The Hall–Kier alpha value is -1.31. The van der Waals surface area contributed by atoms with E-state index < -0.39 is 17.8 Å². The first-order valence-electron chi connectivity index (χ1n) is 6.59. The Bertz CT molecular complexity index is 438. The Morgan fingerprint density at radius 2 is 2.00 bits per heavy atom. The summed E-state index contributed by atoms with van der Waals surface area (Å²) in [5, 5.41) is 12.4. The van der Waals surface area contributed by atoms with Gasteiger partial charge in [-0.15, -0.1) is 0 Å². The van der Waals surface area contributed by atoms with Gasteiger partial charge in [-0.25, -0.2) is 0 Å². The van der Waals surface area contributed by atoms with Crippen LogP contribution in [0.2, 0.25) is 0 Å². The number of benzene rings is 1. The molecule has 21 heavy (non-hydrogen) atoms. The number of methoxy groups -OCH3 is 1. The summed E-state index contributed by atoms with van der Waals surface area (Å²) in [7, 11) is 1.39. The summed E-state index contributed by atoms with van der Waals surface area (Å²) in [6.07, 6.45) is -5.48. The molecule has 120 valence electrons. The van der Waals surface area contributed by atoms with Gasteiger partial charge in [-0.05, 0) is 24.2 Å². The van der Waals surface area contributed by atoms with Gasteiger partial charge in [-0.3, -0.25) is 0 Å². The van der Waals surface area contributed by atoms with Gasteiger partial charge in [-0.1, -0.05) is 13.0 Å². The van der Waals surface area contributed by atoms with Crippen molar-refractivity contribution in [2.45, 2.75) is 25.7 Å². The van der Waals surface area contributed by atoms with Gasteiger partial charge in [0, 0.05) is 13.7 Å². The Balaban J connectivity index is 2.87. The van der Waals surface area contributed by atoms with Crippen molar-refractivity contribution in [3.63, 3.8) is 0 Å².